The molecule has 0 aliphatic heterocycles. The molecule has 0 bridgehead atoms. The molecule has 7 heteroatoms. The summed E-state index contributed by atoms with van der Waals surface area (Å²) in [6, 6.07) is 6.21. The molecular weight excluding hydrogens is 318 g/mol. The van der Waals surface area contributed by atoms with E-state index in [2.05, 4.69) is 4.72 Å². The number of aliphatic carboxylic acids is 1. The average molecular weight is 341 g/mol. The lowest BCUT2D eigenvalue weighted by atomic mass is 9.90. The van der Waals surface area contributed by atoms with Crippen molar-refractivity contribution in [3.63, 3.8) is 0 Å². The van der Waals surface area contributed by atoms with Crippen LogP contribution in [0.5, 0.6) is 5.75 Å². The molecule has 0 atom stereocenters. The van der Waals surface area contributed by atoms with Gasteiger partial charge in [0.25, 0.3) is 0 Å². The number of ether oxygens (including phenoxy) is 1. The smallest absolute Gasteiger partial charge is 0.304 e. The first-order chi connectivity index (χ1) is 11.0. The first-order valence-electron chi connectivity index (χ1n) is 7.92. The molecule has 0 unspecified atom stereocenters. The molecule has 1 aromatic rings. The quantitative estimate of drug-likeness (QED) is 0.757. The van der Waals surface area contributed by atoms with Gasteiger partial charge in [-0.25, -0.2) is 13.1 Å². The number of carbonyl (C=O) groups is 1. The molecule has 0 radical (unpaired) electrons. The van der Waals surface area contributed by atoms with Gasteiger partial charge in [0.05, 0.1) is 17.9 Å². The van der Waals surface area contributed by atoms with Crippen LogP contribution in [0.25, 0.3) is 0 Å². The summed E-state index contributed by atoms with van der Waals surface area (Å²) in [7, 11) is -3.68. The minimum absolute atomic E-state index is 0.105. The maximum atomic E-state index is 12.0. The highest BCUT2D eigenvalue weighted by molar-refractivity contribution is 7.89. The molecule has 0 aromatic heterocycles. The van der Waals surface area contributed by atoms with E-state index in [-0.39, 0.29) is 17.9 Å². The van der Waals surface area contributed by atoms with Gasteiger partial charge in [0.1, 0.15) is 5.75 Å². The van der Waals surface area contributed by atoms with Crippen LogP contribution in [-0.4, -0.2) is 32.6 Å². The normalized spacial score (nSPS) is 16.2. The number of rotatable bonds is 8. The minimum atomic E-state index is -3.68. The maximum Gasteiger partial charge on any atom is 0.304 e. The van der Waals surface area contributed by atoms with Gasteiger partial charge in [0.2, 0.25) is 10.0 Å². The number of nitrogens with one attached hydrogen (secondary N) is 1. The number of carboxylic acids is 1. The second-order valence-electron chi connectivity index (χ2n) is 5.83. The zero-order chi connectivity index (χ0) is 16.7. The lowest BCUT2D eigenvalue weighted by molar-refractivity contribution is -0.136. The van der Waals surface area contributed by atoms with Crippen molar-refractivity contribution in [1.82, 2.24) is 4.72 Å². The van der Waals surface area contributed by atoms with Crippen molar-refractivity contribution in [3.05, 3.63) is 24.3 Å². The van der Waals surface area contributed by atoms with Gasteiger partial charge >= 0.3 is 5.97 Å². The third kappa shape index (κ3) is 5.84. The summed E-state index contributed by atoms with van der Waals surface area (Å²) in [6.45, 7) is 0.542. The van der Waals surface area contributed by atoms with Crippen molar-refractivity contribution in [2.75, 3.05) is 13.2 Å². The monoisotopic (exact) mass is 341 g/mol. The Kier molecular flexibility index (Phi) is 6.41. The van der Waals surface area contributed by atoms with Gasteiger partial charge in [0.15, 0.2) is 0 Å². The molecule has 2 rings (SSSR count). The van der Waals surface area contributed by atoms with Crippen LogP contribution < -0.4 is 9.46 Å². The number of hydrogen-bond donors (Lipinski definition) is 2. The Morgan fingerprint density at radius 1 is 1.17 bits per heavy atom. The molecule has 6 nitrogen and oxygen atoms in total. The maximum absolute atomic E-state index is 12.0. The van der Waals surface area contributed by atoms with Crippen LogP contribution in [-0.2, 0) is 14.8 Å². The van der Waals surface area contributed by atoms with Crippen molar-refractivity contribution in [1.29, 1.82) is 0 Å². The average Bonchev–Trinajstić information content (AvgIpc) is 2.54. The van der Waals surface area contributed by atoms with Crippen LogP contribution in [0.2, 0.25) is 0 Å². The molecule has 0 spiro atoms. The van der Waals surface area contributed by atoms with E-state index in [9.17, 15) is 13.2 Å². The highest BCUT2D eigenvalue weighted by Gasteiger charge is 2.16. The molecule has 0 heterocycles. The van der Waals surface area contributed by atoms with Crippen LogP contribution in [0.3, 0.4) is 0 Å². The van der Waals surface area contributed by atoms with Gasteiger partial charge < -0.3 is 9.84 Å². The van der Waals surface area contributed by atoms with E-state index in [1.165, 1.54) is 44.2 Å². The summed E-state index contributed by atoms with van der Waals surface area (Å²) in [4.78, 5) is 10.5. The van der Waals surface area contributed by atoms with Crippen molar-refractivity contribution < 1.29 is 23.1 Å². The van der Waals surface area contributed by atoms with E-state index >= 15 is 0 Å². The SMILES string of the molecule is O=C(O)CCNS(=O)(=O)c1ccc(OCC2CCCCC2)cc1. The first kappa shape index (κ1) is 17.7. The number of hydrogen-bond acceptors (Lipinski definition) is 4. The van der Waals surface area contributed by atoms with Gasteiger partial charge in [-0.05, 0) is 43.0 Å². The second kappa shape index (κ2) is 8.31. The Balaban J connectivity index is 1.86. The molecule has 0 saturated heterocycles. The summed E-state index contributed by atoms with van der Waals surface area (Å²) >= 11 is 0. The van der Waals surface area contributed by atoms with Crippen LogP contribution in [0.15, 0.2) is 29.2 Å². The fraction of sp³-hybridized carbons (Fsp3) is 0.562. The summed E-state index contributed by atoms with van der Waals surface area (Å²) in [5.74, 6) is 0.198. The molecule has 1 saturated carbocycles. The Hall–Kier alpha value is -1.60. The molecule has 23 heavy (non-hydrogen) atoms. The van der Waals surface area contributed by atoms with Gasteiger partial charge in [0, 0.05) is 6.54 Å². The number of benzene rings is 1. The molecule has 1 aliphatic rings. The standard InChI is InChI=1S/C16H23NO5S/c18-16(19)10-11-17-23(20,21)15-8-6-14(7-9-15)22-12-13-4-2-1-3-5-13/h6-9,13,17H,1-5,10-12H2,(H,18,19). The fourth-order valence-electron chi connectivity index (χ4n) is 2.66. The Bertz CT molecular complexity index is 606. The Morgan fingerprint density at radius 2 is 1.83 bits per heavy atom. The number of carboxylic acid groups (broad SMARTS) is 1. The molecule has 2 N–H and O–H groups in total. The molecule has 128 valence electrons. The summed E-state index contributed by atoms with van der Waals surface area (Å²) < 4.78 is 32.0. The van der Waals surface area contributed by atoms with Crippen molar-refractivity contribution in [3.8, 4) is 5.75 Å². The zero-order valence-electron chi connectivity index (χ0n) is 13.0. The predicted octanol–water partition coefficient (Wildman–Crippen LogP) is 2.40. The van der Waals surface area contributed by atoms with Crippen LogP contribution >= 0.6 is 0 Å². The third-order valence-electron chi connectivity index (χ3n) is 3.98. The minimum Gasteiger partial charge on any atom is -0.493 e. The van der Waals surface area contributed by atoms with E-state index in [4.69, 9.17) is 9.84 Å². The predicted molar refractivity (Wildman–Crippen MR) is 86.0 cm³/mol. The van der Waals surface area contributed by atoms with Crippen molar-refractivity contribution in [2.45, 2.75) is 43.4 Å². The molecular formula is C16H23NO5S. The van der Waals surface area contributed by atoms with E-state index in [1.807, 2.05) is 0 Å². The molecule has 1 aromatic carbocycles. The Labute approximate surface area is 136 Å². The third-order valence-corrected chi connectivity index (χ3v) is 5.45. The van der Waals surface area contributed by atoms with E-state index in [0.717, 1.165) is 0 Å². The van der Waals surface area contributed by atoms with Crippen LogP contribution in [0.1, 0.15) is 38.5 Å². The highest BCUT2D eigenvalue weighted by Crippen LogP contribution is 2.25. The summed E-state index contributed by atoms with van der Waals surface area (Å²) in [5.41, 5.74) is 0. The molecule has 0 amide bonds. The van der Waals surface area contributed by atoms with Gasteiger partial charge in [-0.2, -0.15) is 0 Å². The topological polar surface area (TPSA) is 92.7 Å². The zero-order valence-corrected chi connectivity index (χ0v) is 13.8. The number of sulfonamides is 1. The Morgan fingerprint density at radius 3 is 2.43 bits per heavy atom. The van der Waals surface area contributed by atoms with E-state index in [0.29, 0.717) is 18.3 Å². The van der Waals surface area contributed by atoms with E-state index < -0.39 is 16.0 Å². The van der Waals surface area contributed by atoms with Crippen LogP contribution in [0.4, 0.5) is 0 Å². The molecule has 1 fully saturated rings. The second-order valence-corrected chi connectivity index (χ2v) is 7.59. The first-order valence-corrected chi connectivity index (χ1v) is 9.40. The fourth-order valence-corrected chi connectivity index (χ4v) is 3.69. The van der Waals surface area contributed by atoms with Crippen molar-refractivity contribution in [2.24, 2.45) is 5.92 Å². The van der Waals surface area contributed by atoms with Crippen molar-refractivity contribution >= 4 is 16.0 Å². The largest absolute Gasteiger partial charge is 0.493 e. The van der Waals surface area contributed by atoms with Gasteiger partial charge in [-0.15, -0.1) is 0 Å². The summed E-state index contributed by atoms with van der Waals surface area (Å²) in [5, 5.41) is 8.53. The van der Waals surface area contributed by atoms with Gasteiger partial charge in [-0.1, -0.05) is 19.3 Å². The molecule has 1 aliphatic carbocycles. The highest BCUT2D eigenvalue weighted by atomic mass is 32.2. The lowest BCUT2D eigenvalue weighted by Gasteiger charge is -2.21. The lowest BCUT2D eigenvalue weighted by Crippen LogP contribution is -2.26. The van der Waals surface area contributed by atoms with Gasteiger partial charge in [-0.3, -0.25) is 4.79 Å². The van der Waals surface area contributed by atoms with Crippen LogP contribution in [0, 0.1) is 5.92 Å². The van der Waals surface area contributed by atoms with E-state index in [1.54, 1.807) is 12.1 Å². The summed E-state index contributed by atoms with van der Waals surface area (Å²) in [6.07, 6.45) is 5.96.